The number of hydrogen-bond donors (Lipinski definition) is 2. The van der Waals surface area contributed by atoms with E-state index in [1.807, 2.05) is 0 Å². The third-order valence-corrected chi connectivity index (χ3v) is 7.22. The molecule has 1 heterocycles. The Morgan fingerprint density at radius 1 is 1.15 bits per heavy atom. The van der Waals surface area contributed by atoms with Crippen LogP contribution in [0.4, 0.5) is 18.3 Å². The maximum atomic E-state index is 15.2. The Morgan fingerprint density at radius 2 is 1.87 bits per heavy atom. The van der Waals surface area contributed by atoms with E-state index in [0.717, 1.165) is 43.4 Å². The average molecular weight is 561 g/mol. The molecule has 2 aromatic carbocycles. The second-order valence-electron chi connectivity index (χ2n) is 9.16. The molecule has 1 aromatic heterocycles. The predicted molar refractivity (Wildman–Crippen MR) is 141 cm³/mol. The molecule has 1 aliphatic carbocycles. The summed E-state index contributed by atoms with van der Waals surface area (Å²) in [4.78, 5) is 27.9. The Balaban J connectivity index is 1.44. The predicted octanol–water partition coefficient (Wildman–Crippen LogP) is 6.65. The van der Waals surface area contributed by atoms with E-state index < -0.39 is 40.7 Å². The van der Waals surface area contributed by atoms with Crippen molar-refractivity contribution >= 4 is 34.4 Å². The van der Waals surface area contributed by atoms with Gasteiger partial charge in [0.05, 0.1) is 19.4 Å². The van der Waals surface area contributed by atoms with Crippen molar-refractivity contribution in [2.45, 2.75) is 38.7 Å². The van der Waals surface area contributed by atoms with Gasteiger partial charge in [-0.3, -0.25) is 10.1 Å². The number of benzene rings is 2. The number of carboxylic acids is 1. The molecule has 39 heavy (non-hydrogen) atoms. The highest BCUT2D eigenvalue weighted by molar-refractivity contribution is 7.14. The summed E-state index contributed by atoms with van der Waals surface area (Å²) in [6, 6.07) is 6.47. The summed E-state index contributed by atoms with van der Waals surface area (Å²) in [6.45, 7) is 0.743. The SMILES string of the molecule is COC(=Cc1c(F)cc(C(=O)Nc2nc(-c3cccc(COCC4CCCCC4)c3F)cs2)cc1F)C(=O)O. The van der Waals surface area contributed by atoms with Gasteiger partial charge in [0.25, 0.3) is 5.91 Å². The minimum absolute atomic E-state index is 0.102. The van der Waals surface area contributed by atoms with Crippen LogP contribution in [-0.4, -0.2) is 35.7 Å². The average Bonchev–Trinajstić information content (AvgIpc) is 3.37. The van der Waals surface area contributed by atoms with Crippen molar-refractivity contribution in [1.82, 2.24) is 4.98 Å². The van der Waals surface area contributed by atoms with Crippen molar-refractivity contribution in [3.63, 3.8) is 0 Å². The number of amides is 1. The zero-order chi connectivity index (χ0) is 27.9. The molecule has 1 aliphatic rings. The molecule has 1 fully saturated rings. The van der Waals surface area contributed by atoms with Gasteiger partial charge in [-0.25, -0.2) is 22.9 Å². The number of aromatic nitrogens is 1. The number of thiazole rings is 1. The molecule has 0 unspecified atom stereocenters. The fraction of sp³-hybridized carbons (Fsp3) is 0.321. The number of anilines is 1. The van der Waals surface area contributed by atoms with Gasteiger partial charge in [0, 0.05) is 40.3 Å². The zero-order valence-electron chi connectivity index (χ0n) is 21.1. The van der Waals surface area contributed by atoms with Gasteiger partial charge in [0.15, 0.2) is 5.13 Å². The first kappa shape index (κ1) is 28.3. The van der Waals surface area contributed by atoms with Crippen LogP contribution in [-0.2, 0) is 20.9 Å². The number of carbonyl (C=O) groups excluding carboxylic acids is 1. The largest absolute Gasteiger partial charge is 0.490 e. The van der Waals surface area contributed by atoms with E-state index in [0.29, 0.717) is 29.9 Å². The van der Waals surface area contributed by atoms with Gasteiger partial charge in [-0.15, -0.1) is 11.3 Å². The van der Waals surface area contributed by atoms with Crippen molar-refractivity contribution in [3.8, 4) is 11.3 Å². The number of rotatable bonds is 10. The number of ether oxygens (including phenoxy) is 2. The molecule has 3 aromatic rings. The molecule has 0 saturated heterocycles. The Bertz CT molecular complexity index is 1360. The van der Waals surface area contributed by atoms with Crippen molar-refractivity contribution in [3.05, 3.63) is 75.6 Å². The molecule has 0 bridgehead atoms. The van der Waals surface area contributed by atoms with Crippen LogP contribution in [0.5, 0.6) is 0 Å². The number of hydrogen-bond acceptors (Lipinski definition) is 6. The normalized spacial score (nSPS) is 14.3. The van der Waals surface area contributed by atoms with Crippen molar-refractivity contribution in [1.29, 1.82) is 0 Å². The van der Waals surface area contributed by atoms with Gasteiger partial charge in [-0.1, -0.05) is 31.4 Å². The first-order chi connectivity index (χ1) is 18.8. The Kier molecular flexibility index (Phi) is 9.36. The molecule has 11 heteroatoms. The number of carboxylic acid groups (broad SMARTS) is 1. The molecule has 0 spiro atoms. The third kappa shape index (κ3) is 7.04. The first-order valence-corrected chi connectivity index (χ1v) is 13.2. The zero-order valence-corrected chi connectivity index (χ0v) is 22.0. The topological polar surface area (TPSA) is 97.8 Å². The van der Waals surface area contributed by atoms with Crippen LogP contribution in [0.2, 0.25) is 0 Å². The van der Waals surface area contributed by atoms with E-state index in [1.54, 1.807) is 23.6 Å². The van der Waals surface area contributed by atoms with Crippen LogP contribution >= 0.6 is 11.3 Å². The maximum absolute atomic E-state index is 15.2. The fourth-order valence-electron chi connectivity index (χ4n) is 4.39. The van der Waals surface area contributed by atoms with Crippen LogP contribution in [0.15, 0.2) is 41.5 Å². The van der Waals surface area contributed by atoms with Crippen molar-refractivity contribution in [2.75, 3.05) is 19.0 Å². The molecule has 206 valence electrons. The van der Waals surface area contributed by atoms with Gasteiger partial charge in [-0.2, -0.15) is 0 Å². The molecule has 0 aliphatic heterocycles. The second-order valence-corrected chi connectivity index (χ2v) is 10.0. The molecule has 4 rings (SSSR count). The number of nitrogens with zero attached hydrogens (tertiary/aromatic N) is 1. The van der Waals surface area contributed by atoms with E-state index in [9.17, 15) is 18.4 Å². The summed E-state index contributed by atoms with van der Waals surface area (Å²) in [5.74, 6) is -5.29. The highest BCUT2D eigenvalue weighted by Gasteiger charge is 2.19. The number of methoxy groups -OCH3 is 1. The highest BCUT2D eigenvalue weighted by Crippen LogP contribution is 2.30. The first-order valence-electron chi connectivity index (χ1n) is 12.4. The number of nitrogens with one attached hydrogen (secondary N) is 1. The summed E-state index contributed by atoms with van der Waals surface area (Å²) < 4.78 is 54.6. The summed E-state index contributed by atoms with van der Waals surface area (Å²) in [5, 5.41) is 13.1. The number of carbonyl (C=O) groups is 2. The van der Waals surface area contributed by atoms with Crippen LogP contribution in [0.25, 0.3) is 17.3 Å². The fourth-order valence-corrected chi connectivity index (χ4v) is 5.10. The van der Waals surface area contributed by atoms with Gasteiger partial charge in [0.2, 0.25) is 5.76 Å². The summed E-state index contributed by atoms with van der Waals surface area (Å²) >= 11 is 1.02. The van der Waals surface area contributed by atoms with Gasteiger partial charge >= 0.3 is 5.97 Å². The summed E-state index contributed by atoms with van der Waals surface area (Å²) in [5.41, 5.74) is -0.0786. The maximum Gasteiger partial charge on any atom is 0.371 e. The second kappa shape index (κ2) is 12.9. The molecule has 2 N–H and O–H groups in total. The monoisotopic (exact) mass is 560 g/mol. The lowest BCUT2D eigenvalue weighted by atomic mass is 9.90. The number of aliphatic carboxylic acids is 1. The van der Waals surface area contributed by atoms with Crippen LogP contribution < -0.4 is 5.32 Å². The van der Waals surface area contributed by atoms with Gasteiger partial charge in [0.1, 0.15) is 17.5 Å². The summed E-state index contributed by atoms with van der Waals surface area (Å²) in [7, 11) is 1.05. The molecule has 0 radical (unpaired) electrons. The van der Waals surface area contributed by atoms with Crippen LogP contribution in [0.1, 0.15) is 53.6 Å². The minimum atomic E-state index is -1.51. The van der Waals surface area contributed by atoms with Crippen molar-refractivity contribution in [2.24, 2.45) is 5.92 Å². The lowest BCUT2D eigenvalue weighted by Gasteiger charge is -2.21. The van der Waals surface area contributed by atoms with E-state index >= 15 is 4.39 Å². The van der Waals surface area contributed by atoms with E-state index in [4.69, 9.17) is 9.84 Å². The van der Waals surface area contributed by atoms with Crippen LogP contribution in [0, 0.1) is 23.4 Å². The lowest BCUT2D eigenvalue weighted by molar-refractivity contribution is -0.135. The van der Waals surface area contributed by atoms with E-state index in [-0.39, 0.29) is 22.9 Å². The highest BCUT2D eigenvalue weighted by atomic mass is 32.1. The Labute approximate surface area is 227 Å². The van der Waals surface area contributed by atoms with E-state index in [2.05, 4.69) is 15.0 Å². The quantitative estimate of drug-likeness (QED) is 0.213. The molecular weight excluding hydrogens is 533 g/mol. The van der Waals surface area contributed by atoms with Crippen molar-refractivity contribution < 1.29 is 37.3 Å². The van der Waals surface area contributed by atoms with Gasteiger partial charge in [-0.05, 0) is 37.0 Å². The van der Waals surface area contributed by atoms with Gasteiger partial charge < -0.3 is 14.6 Å². The third-order valence-electron chi connectivity index (χ3n) is 6.46. The number of halogens is 3. The molecular formula is C28H27F3N2O5S. The van der Waals surface area contributed by atoms with Crippen LogP contribution in [0.3, 0.4) is 0 Å². The molecule has 1 saturated carbocycles. The Morgan fingerprint density at radius 3 is 2.54 bits per heavy atom. The minimum Gasteiger partial charge on any atom is -0.490 e. The standard InChI is InChI=1S/C28H27F3N2O5S/c1-37-24(27(35)36)12-20-21(29)10-18(11-22(20)30)26(34)33-28-32-23(15-39-28)19-9-5-8-17(25(19)31)14-38-13-16-6-3-2-4-7-16/h5,8-12,15-16H,2-4,6-7,13-14H2,1H3,(H,35,36)(H,32,33,34). The Hall–Kier alpha value is -3.70. The molecule has 7 nitrogen and oxygen atoms in total. The molecule has 1 amide bonds. The van der Waals surface area contributed by atoms with E-state index in [1.165, 1.54) is 19.3 Å². The lowest BCUT2D eigenvalue weighted by Crippen LogP contribution is -2.13. The summed E-state index contributed by atoms with van der Waals surface area (Å²) in [6.07, 6.45) is 6.62. The molecule has 0 atom stereocenters. The smallest absolute Gasteiger partial charge is 0.371 e.